The number of hydrogen-bond acceptors (Lipinski definition) is 5. The molecule has 2 aromatic carbocycles. The number of fused-ring (bicyclic) bond motifs is 4. The third-order valence-corrected chi connectivity index (χ3v) is 5.94. The first-order valence-corrected chi connectivity index (χ1v) is 9.87. The highest BCUT2D eigenvalue weighted by molar-refractivity contribution is 5.72. The molecule has 1 aromatic heterocycles. The third kappa shape index (κ3) is 2.95. The van der Waals surface area contributed by atoms with Crippen LogP contribution in [-0.4, -0.2) is 30.3 Å². The minimum Gasteiger partial charge on any atom is -0.493 e. The highest BCUT2D eigenvalue weighted by atomic mass is 16.5. The van der Waals surface area contributed by atoms with Gasteiger partial charge in [0.25, 0.3) is 0 Å². The SMILES string of the molecule is COc1cc2c(cc1OC)-c1cc(N3CCc4ccccc4C3)nc(=O)n1CC2. The zero-order chi connectivity index (χ0) is 20.0. The molecule has 0 bridgehead atoms. The maximum absolute atomic E-state index is 12.8. The summed E-state index contributed by atoms with van der Waals surface area (Å²) in [7, 11) is 3.27. The second-order valence-corrected chi connectivity index (χ2v) is 7.49. The van der Waals surface area contributed by atoms with E-state index in [1.807, 2.05) is 18.2 Å². The lowest BCUT2D eigenvalue weighted by Crippen LogP contribution is -2.35. The zero-order valence-corrected chi connectivity index (χ0v) is 16.6. The molecule has 2 aliphatic heterocycles. The topological polar surface area (TPSA) is 56.6 Å². The average Bonchev–Trinajstić information content (AvgIpc) is 2.77. The van der Waals surface area contributed by atoms with E-state index in [2.05, 4.69) is 34.1 Å². The fraction of sp³-hybridized carbons (Fsp3) is 0.304. The van der Waals surface area contributed by atoms with Crippen molar-refractivity contribution in [2.75, 3.05) is 25.7 Å². The minimum absolute atomic E-state index is 0.197. The van der Waals surface area contributed by atoms with Crippen LogP contribution in [0.25, 0.3) is 11.3 Å². The van der Waals surface area contributed by atoms with Crippen LogP contribution in [0, 0.1) is 0 Å². The second kappa shape index (κ2) is 6.95. The van der Waals surface area contributed by atoms with Gasteiger partial charge in [-0.15, -0.1) is 0 Å². The van der Waals surface area contributed by atoms with Gasteiger partial charge >= 0.3 is 5.69 Å². The molecule has 0 amide bonds. The predicted octanol–water partition coefficient (Wildman–Crippen LogP) is 3.05. The summed E-state index contributed by atoms with van der Waals surface area (Å²) in [4.78, 5) is 19.4. The number of nitrogens with zero attached hydrogens (tertiary/aromatic N) is 3. The summed E-state index contributed by atoms with van der Waals surface area (Å²) < 4.78 is 12.7. The largest absolute Gasteiger partial charge is 0.493 e. The van der Waals surface area contributed by atoms with E-state index in [0.717, 1.165) is 48.6 Å². The Bertz CT molecular complexity index is 1150. The maximum atomic E-state index is 12.8. The standard InChI is InChI=1S/C23H23N3O3/c1-28-20-11-16-8-10-26-19(18(16)12-21(20)29-2)13-22(24-23(26)27)25-9-7-15-5-3-4-6-17(15)14-25/h3-6,11-13H,7-10,14H2,1-2H3. The first-order valence-electron chi connectivity index (χ1n) is 9.87. The average molecular weight is 389 g/mol. The van der Waals surface area contributed by atoms with Crippen LogP contribution in [0.3, 0.4) is 0 Å². The van der Waals surface area contributed by atoms with Crippen LogP contribution in [0.5, 0.6) is 11.5 Å². The number of anilines is 1. The number of aryl methyl sites for hydroxylation is 1. The van der Waals surface area contributed by atoms with Crippen LogP contribution in [0.15, 0.2) is 47.3 Å². The van der Waals surface area contributed by atoms with Crippen molar-refractivity contribution in [3.63, 3.8) is 0 Å². The van der Waals surface area contributed by atoms with E-state index in [4.69, 9.17) is 9.47 Å². The van der Waals surface area contributed by atoms with Crippen LogP contribution < -0.4 is 20.1 Å². The van der Waals surface area contributed by atoms with Crippen molar-refractivity contribution in [1.82, 2.24) is 9.55 Å². The molecule has 0 radical (unpaired) electrons. The Kier molecular flexibility index (Phi) is 4.27. The highest BCUT2D eigenvalue weighted by Gasteiger charge is 2.24. The Balaban J connectivity index is 1.60. The van der Waals surface area contributed by atoms with E-state index in [0.29, 0.717) is 18.0 Å². The fourth-order valence-corrected chi connectivity index (χ4v) is 4.39. The van der Waals surface area contributed by atoms with Gasteiger partial charge in [-0.25, -0.2) is 4.79 Å². The number of methoxy groups -OCH3 is 2. The van der Waals surface area contributed by atoms with Crippen LogP contribution in [-0.2, 0) is 25.9 Å². The van der Waals surface area contributed by atoms with E-state index in [9.17, 15) is 4.79 Å². The molecule has 29 heavy (non-hydrogen) atoms. The van der Waals surface area contributed by atoms with Crippen molar-refractivity contribution >= 4 is 5.82 Å². The van der Waals surface area contributed by atoms with E-state index in [1.54, 1.807) is 18.8 Å². The maximum Gasteiger partial charge on any atom is 0.350 e. The van der Waals surface area contributed by atoms with Gasteiger partial charge in [-0.05, 0) is 41.7 Å². The van der Waals surface area contributed by atoms with Crippen LogP contribution in [0.4, 0.5) is 5.82 Å². The molecule has 0 aliphatic carbocycles. The van der Waals surface area contributed by atoms with Crippen molar-refractivity contribution in [3.05, 3.63) is 69.6 Å². The monoisotopic (exact) mass is 389 g/mol. The normalized spacial score (nSPS) is 14.6. The number of benzene rings is 2. The molecule has 0 unspecified atom stereocenters. The lowest BCUT2D eigenvalue weighted by molar-refractivity contribution is 0.354. The van der Waals surface area contributed by atoms with Crippen LogP contribution in [0.2, 0.25) is 0 Å². The summed E-state index contributed by atoms with van der Waals surface area (Å²) in [5.74, 6) is 2.11. The molecule has 0 saturated carbocycles. The molecule has 2 aliphatic rings. The lowest BCUT2D eigenvalue weighted by atomic mass is 9.96. The van der Waals surface area contributed by atoms with Gasteiger partial charge in [0.1, 0.15) is 5.82 Å². The Labute approximate surface area is 169 Å². The van der Waals surface area contributed by atoms with Crippen molar-refractivity contribution in [1.29, 1.82) is 0 Å². The van der Waals surface area contributed by atoms with Gasteiger partial charge in [-0.2, -0.15) is 4.98 Å². The van der Waals surface area contributed by atoms with Gasteiger partial charge in [0.15, 0.2) is 11.5 Å². The van der Waals surface area contributed by atoms with Gasteiger partial charge < -0.3 is 14.4 Å². The van der Waals surface area contributed by atoms with Gasteiger partial charge in [0.05, 0.1) is 19.9 Å². The van der Waals surface area contributed by atoms with Crippen molar-refractivity contribution in [3.8, 4) is 22.8 Å². The molecular weight excluding hydrogens is 366 g/mol. The fourth-order valence-electron chi connectivity index (χ4n) is 4.39. The van der Waals surface area contributed by atoms with Gasteiger partial charge in [0, 0.05) is 31.3 Å². The molecule has 148 valence electrons. The van der Waals surface area contributed by atoms with E-state index >= 15 is 0 Å². The summed E-state index contributed by atoms with van der Waals surface area (Å²) in [6, 6.07) is 14.5. The van der Waals surface area contributed by atoms with E-state index in [-0.39, 0.29) is 5.69 Å². The molecule has 5 rings (SSSR count). The Morgan fingerprint density at radius 2 is 1.62 bits per heavy atom. The van der Waals surface area contributed by atoms with Crippen molar-refractivity contribution in [2.24, 2.45) is 0 Å². The molecule has 0 fully saturated rings. The molecule has 0 atom stereocenters. The summed E-state index contributed by atoms with van der Waals surface area (Å²) in [5.41, 5.74) is 5.53. The predicted molar refractivity (Wildman–Crippen MR) is 112 cm³/mol. The van der Waals surface area contributed by atoms with E-state index in [1.165, 1.54) is 11.1 Å². The molecule has 0 saturated heterocycles. The molecule has 3 aromatic rings. The summed E-state index contributed by atoms with van der Waals surface area (Å²) in [6.45, 7) is 2.24. The molecule has 0 spiro atoms. The molecule has 3 heterocycles. The smallest absolute Gasteiger partial charge is 0.350 e. The summed E-state index contributed by atoms with van der Waals surface area (Å²) in [5, 5.41) is 0. The van der Waals surface area contributed by atoms with Crippen molar-refractivity contribution < 1.29 is 9.47 Å². The summed E-state index contributed by atoms with van der Waals surface area (Å²) >= 11 is 0. The number of hydrogen-bond donors (Lipinski definition) is 0. The lowest BCUT2D eigenvalue weighted by Gasteiger charge is -2.31. The molecular formula is C23H23N3O3. The van der Waals surface area contributed by atoms with Crippen LogP contribution in [0.1, 0.15) is 16.7 Å². The number of ether oxygens (including phenoxy) is 2. The van der Waals surface area contributed by atoms with Crippen LogP contribution >= 0.6 is 0 Å². The van der Waals surface area contributed by atoms with Gasteiger partial charge in [0.2, 0.25) is 0 Å². The molecule has 6 nitrogen and oxygen atoms in total. The first-order chi connectivity index (χ1) is 14.2. The van der Waals surface area contributed by atoms with E-state index < -0.39 is 0 Å². The summed E-state index contributed by atoms with van der Waals surface area (Å²) in [6.07, 6.45) is 1.72. The number of aromatic nitrogens is 2. The first kappa shape index (κ1) is 17.8. The Hall–Kier alpha value is -3.28. The third-order valence-electron chi connectivity index (χ3n) is 5.94. The molecule has 0 N–H and O–H groups in total. The zero-order valence-electron chi connectivity index (χ0n) is 16.6. The number of rotatable bonds is 3. The van der Waals surface area contributed by atoms with Gasteiger partial charge in [-0.1, -0.05) is 24.3 Å². The second-order valence-electron chi connectivity index (χ2n) is 7.49. The quantitative estimate of drug-likeness (QED) is 0.689. The minimum atomic E-state index is -0.197. The Morgan fingerprint density at radius 3 is 2.41 bits per heavy atom. The Morgan fingerprint density at radius 1 is 0.897 bits per heavy atom. The van der Waals surface area contributed by atoms with Gasteiger partial charge in [-0.3, -0.25) is 4.57 Å². The molecule has 6 heteroatoms. The van der Waals surface area contributed by atoms with Crippen molar-refractivity contribution in [2.45, 2.75) is 25.9 Å². The highest BCUT2D eigenvalue weighted by Crippen LogP contribution is 2.38.